The van der Waals surface area contributed by atoms with Crippen LogP contribution in [0.3, 0.4) is 0 Å². The Balaban J connectivity index is 1.46. The number of imidazole rings is 1. The second-order valence-electron chi connectivity index (χ2n) is 8.31. The molecule has 2 aromatic heterocycles. The minimum Gasteiger partial charge on any atom is -0.378 e. The number of hydrogen-bond acceptors (Lipinski definition) is 6. The van der Waals surface area contributed by atoms with Gasteiger partial charge in [-0.15, -0.1) is 0 Å². The summed E-state index contributed by atoms with van der Waals surface area (Å²) < 4.78 is 0. The number of aromatic amines is 1. The molecule has 8 heteroatoms. The molecular weight excluding hydrogens is 426 g/mol. The third kappa shape index (κ3) is 4.53. The molecule has 5 rings (SSSR count). The largest absolute Gasteiger partial charge is 0.378 e. The Morgan fingerprint density at radius 3 is 2.82 bits per heavy atom. The zero-order chi connectivity index (χ0) is 23.5. The Morgan fingerprint density at radius 1 is 1.18 bits per heavy atom. The molecule has 5 N–H and O–H groups in total. The number of carbonyl (C=O) groups excluding carboxylic acids is 1. The lowest BCUT2D eigenvalue weighted by Crippen LogP contribution is -2.42. The molecule has 0 radical (unpaired) electrons. The van der Waals surface area contributed by atoms with Gasteiger partial charge in [0.15, 0.2) is 0 Å². The third-order valence-corrected chi connectivity index (χ3v) is 6.00. The molecule has 0 saturated carbocycles. The molecule has 34 heavy (non-hydrogen) atoms. The maximum absolute atomic E-state index is 11.3. The van der Waals surface area contributed by atoms with Gasteiger partial charge in [0.25, 0.3) is 0 Å². The molecule has 0 bridgehead atoms. The number of H-pyrrole nitrogens is 1. The predicted octanol–water partition coefficient (Wildman–Crippen LogP) is 3.11. The number of aryl methyl sites for hydroxylation is 1. The molecule has 2 unspecified atom stereocenters. The molecule has 2 aliphatic rings. The lowest BCUT2D eigenvalue weighted by molar-refractivity contribution is 0.100. The van der Waals surface area contributed by atoms with Gasteiger partial charge in [-0.2, -0.15) is 0 Å². The van der Waals surface area contributed by atoms with Gasteiger partial charge in [-0.25, -0.2) is 4.98 Å². The first kappa shape index (κ1) is 21.8. The number of pyridine rings is 1. The van der Waals surface area contributed by atoms with Gasteiger partial charge in [0.2, 0.25) is 5.91 Å². The number of aliphatic imine (C=N–C) groups is 1. The van der Waals surface area contributed by atoms with Crippen LogP contribution in [0.2, 0.25) is 0 Å². The molecule has 1 aromatic carbocycles. The molecule has 1 amide bonds. The van der Waals surface area contributed by atoms with E-state index in [0.29, 0.717) is 12.1 Å². The highest BCUT2D eigenvalue weighted by molar-refractivity contribution is 5.93. The molecular formula is C26H27N7O. The summed E-state index contributed by atoms with van der Waals surface area (Å²) in [6, 6.07) is 13.4. The first-order chi connectivity index (χ1) is 16.6. The Hall–Kier alpha value is -4.04. The summed E-state index contributed by atoms with van der Waals surface area (Å²) in [6.45, 7) is 3.37. The predicted molar refractivity (Wildman–Crippen MR) is 135 cm³/mol. The highest BCUT2D eigenvalue weighted by Gasteiger charge is 2.25. The van der Waals surface area contributed by atoms with Crippen LogP contribution in [0.15, 0.2) is 65.7 Å². The van der Waals surface area contributed by atoms with E-state index in [1.807, 2.05) is 36.5 Å². The highest BCUT2D eigenvalue weighted by atomic mass is 16.1. The van der Waals surface area contributed by atoms with Gasteiger partial charge >= 0.3 is 0 Å². The number of fused-ring (bicyclic) bond motifs is 1. The Morgan fingerprint density at radius 2 is 2.03 bits per heavy atom. The van der Waals surface area contributed by atoms with E-state index in [4.69, 9.17) is 15.7 Å². The van der Waals surface area contributed by atoms with Crippen molar-refractivity contribution in [3.8, 4) is 11.4 Å². The van der Waals surface area contributed by atoms with Crippen LogP contribution < -0.4 is 16.4 Å². The van der Waals surface area contributed by atoms with Crippen molar-refractivity contribution < 1.29 is 4.79 Å². The Labute approximate surface area is 198 Å². The fraction of sp³-hybridized carbons (Fsp3) is 0.231. The number of primary amides is 1. The van der Waals surface area contributed by atoms with E-state index in [1.165, 1.54) is 0 Å². The van der Waals surface area contributed by atoms with E-state index in [9.17, 15) is 4.79 Å². The number of nitrogens with one attached hydrogen (secondary N) is 3. The SMILES string of the molecule is CCc1cccc(-c2[nH]c(CNc3ccc(C(N)=O)cc3)nc2C2=CC3N=CCNC3C=C2)n1. The lowest BCUT2D eigenvalue weighted by Gasteiger charge is -2.26. The summed E-state index contributed by atoms with van der Waals surface area (Å²) in [5.41, 5.74) is 11.3. The van der Waals surface area contributed by atoms with Gasteiger partial charge in [-0.05, 0) is 48.9 Å². The van der Waals surface area contributed by atoms with Gasteiger partial charge < -0.3 is 21.4 Å². The molecule has 2 atom stereocenters. The third-order valence-electron chi connectivity index (χ3n) is 6.00. The van der Waals surface area contributed by atoms with Crippen LogP contribution in [0.4, 0.5) is 5.69 Å². The second-order valence-corrected chi connectivity index (χ2v) is 8.31. The fourth-order valence-corrected chi connectivity index (χ4v) is 4.16. The van der Waals surface area contributed by atoms with Crippen LogP contribution in [-0.2, 0) is 13.0 Å². The van der Waals surface area contributed by atoms with Crippen molar-refractivity contribution in [3.63, 3.8) is 0 Å². The molecule has 1 aliphatic carbocycles. The Bertz CT molecular complexity index is 1290. The zero-order valence-electron chi connectivity index (χ0n) is 19.0. The van der Waals surface area contributed by atoms with Gasteiger partial charge in [0.1, 0.15) is 5.82 Å². The van der Waals surface area contributed by atoms with Crippen LogP contribution in [0.1, 0.15) is 34.5 Å². The van der Waals surface area contributed by atoms with Crippen LogP contribution >= 0.6 is 0 Å². The first-order valence-electron chi connectivity index (χ1n) is 11.4. The normalized spacial score (nSPS) is 18.9. The monoisotopic (exact) mass is 453 g/mol. The second kappa shape index (κ2) is 9.44. The molecule has 0 fully saturated rings. The number of benzene rings is 1. The quantitative estimate of drug-likeness (QED) is 0.438. The molecule has 0 saturated heterocycles. The van der Waals surface area contributed by atoms with Crippen LogP contribution in [0, 0.1) is 0 Å². The van der Waals surface area contributed by atoms with E-state index in [-0.39, 0.29) is 12.1 Å². The highest BCUT2D eigenvalue weighted by Crippen LogP contribution is 2.30. The average Bonchev–Trinajstić information content (AvgIpc) is 3.32. The summed E-state index contributed by atoms with van der Waals surface area (Å²) in [7, 11) is 0. The number of rotatable bonds is 7. The number of carbonyl (C=O) groups is 1. The molecule has 172 valence electrons. The average molecular weight is 454 g/mol. The van der Waals surface area contributed by atoms with E-state index in [1.54, 1.807) is 12.1 Å². The van der Waals surface area contributed by atoms with Crippen molar-refractivity contribution in [2.45, 2.75) is 32.0 Å². The van der Waals surface area contributed by atoms with E-state index < -0.39 is 5.91 Å². The summed E-state index contributed by atoms with van der Waals surface area (Å²) in [5, 5.41) is 6.80. The van der Waals surface area contributed by atoms with E-state index in [0.717, 1.165) is 52.8 Å². The van der Waals surface area contributed by atoms with Crippen molar-refractivity contribution in [1.82, 2.24) is 20.3 Å². The number of hydrogen-bond donors (Lipinski definition) is 4. The smallest absolute Gasteiger partial charge is 0.248 e. The minimum atomic E-state index is -0.442. The summed E-state index contributed by atoms with van der Waals surface area (Å²) in [5.74, 6) is 0.344. The van der Waals surface area contributed by atoms with Crippen molar-refractivity contribution in [3.05, 3.63) is 83.5 Å². The molecule has 1 aliphatic heterocycles. The lowest BCUT2D eigenvalue weighted by atomic mass is 9.94. The summed E-state index contributed by atoms with van der Waals surface area (Å²) in [4.78, 5) is 29.2. The van der Waals surface area contributed by atoms with Crippen LogP contribution in [0.5, 0.6) is 0 Å². The van der Waals surface area contributed by atoms with Crippen LogP contribution in [0.25, 0.3) is 17.0 Å². The van der Waals surface area contributed by atoms with Gasteiger partial charge in [0.05, 0.1) is 35.7 Å². The fourth-order valence-electron chi connectivity index (χ4n) is 4.16. The minimum absolute atomic E-state index is 0.0542. The zero-order valence-corrected chi connectivity index (χ0v) is 19.0. The number of allylic oxidation sites excluding steroid dienone is 2. The van der Waals surface area contributed by atoms with Gasteiger partial charge in [0, 0.05) is 35.3 Å². The van der Waals surface area contributed by atoms with Gasteiger partial charge in [-0.1, -0.05) is 25.1 Å². The number of nitrogens with two attached hydrogens (primary N) is 1. The topological polar surface area (TPSA) is 121 Å². The maximum atomic E-state index is 11.3. The van der Waals surface area contributed by atoms with Crippen molar-refractivity contribution in [2.24, 2.45) is 10.7 Å². The molecule has 3 aromatic rings. The van der Waals surface area contributed by atoms with Crippen molar-refractivity contribution >= 4 is 23.4 Å². The molecule has 8 nitrogen and oxygen atoms in total. The maximum Gasteiger partial charge on any atom is 0.248 e. The molecule has 3 heterocycles. The van der Waals surface area contributed by atoms with Crippen molar-refractivity contribution in [1.29, 1.82) is 0 Å². The number of aromatic nitrogens is 3. The van der Waals surface area contributed by atoms with Crippen molar-refractivity contribution in [2.75, 3.05) is 11.9 Å². The number of nitrogens with zero attached hydrogens (tertiary/aromatic N) is 3. The first-order valence-corrected chi connectivity index (χ1v) is 11.4. The van der Waals surface area contributed by atoms with Crippen LogP contribution in [-0.4, -0.2) is 45.7 Å². The Kier molecular flexibility index (Phi) is 6.05. The van der Waals surface area contributed by atoms with Gasteiger partial charge in [-0.3, -0.25) is 14.8 Å². The van der Waals surface area contributed by atoms with E-state index in [2.05, 4.69) is 45.8 Å². The standard InChI is InChI=1S/C26H27N7O/c1-2-18-4-3-5-21(31-18)25-24(17-8-11-20-22(14-17)29-13-12-28-20)32-23(33-25)15-30-19-9-6-16(7-10-19)26(27)34/h3-11,13-14,20,22,28,30H,2,12,15H2,1H3,(H2,27,34)(H,32,33). The number of anilines is 1. The van der Waals surface area contributed by atoms with E-state index >= 15 is 0 Å². The summed E-state index contributed by atoms with van der Waals surface area (Å²) >= 11 is 0. The summed E-state index contributed by atoms with van der Waals surface area (Å²) in [6.07, 6.45) is 9.21. The molecule has 0 spiro atoms. The number of amides is 1.